The van der Waals surface area contributed by atoms with Crippen molar-refractivity contribution in [3.63, 3.8) is 0 Å². The molecular formula is C15H27N5. The molecule has 0 radical (unpaired) electrons. The van der Waals surface area contributed by atoms with Gasteiger partial charge in [0, 0.05) is 37.8 Å². The third-order valence-corrected chi connectivity index (χ3v) is 4.24. The van der Waals surface area contributed by atoms with Crippen LogP contribution in [-0.2, 0) is 19.4 Å². The molecule has 1 aromatic heterocycles. The zero-order chi connectivity index (χ0) is 14.7. The molecule has 1 unspecified atom stereocenters. The Kier molecular flexibility index (Phi) is 4.94. The van der Waals surface area contributed by atoms with Crippen LogP contribution in [0.3, 0.4) is 0 Å². The molecule has 0 aromatic carbocycles. The van der Waals surface area contributed by atoms with Crippen LogP contribution in [-0.4, -0.2) is 47.8 Å². The van der Waals surface area contributed by atoms with E-state index in [-0.39, 0.29) is 0 Å². The van der Waals surface area contributed by atoms with Crippen LogP contribution in [0.25, 0.3) is 0 Å². The van der Waals surface area contributed by atoms with Crippen molar-refractivity contribution in [3.8, 4) is 0 Å². The Morgan fingerprint density at radius 2 is 1.90 bits per heavy atom. The Morgan fingerprint density at radius 3 is 2.45 bits per heavy atom. The van der Waals surface area contributed by atoms with Crippen molar-refractivity contribution in [2.45, 2.75) is 46.2 Å². The molecule has 0 spiro atoms. The maximum absolute atomic E-state index is 6.03. The van der Waals surface area contributed by atoms with Crippen molar-refractivity contribution >= 4 is 5.82 Å². The van der Waals surface area contributed by atoms with Gasteiger partial charge in [-0.05, 0) is 32.4 Å². The van der Waals surface area contributed by atoms with Crippen molar-refractivity contribution in [2.75, 3.05) is 31.6 Å². The van der Waals surface area contributed by atoms with Gasteiger partial charge in [0.15, 0.2) is 5.82 Å². The lowest BCUT2D eigenvalue weighted by atomic mass is 10.0. The Bertz CT molecular complexity index is 460. The minimum absolute atomic E-state index is 0.450. The van der Waals surface area contributed by atoms with Crippen molar-refractivity contribution in [3.05, 3.63) is 16.8 Å². The van der Waals surface area contributed by atoms with Gasteiger partial charge in [-0.15, -0.1) is 5.10 Å². The third-order valence-electron chi connectivity index (χ3n) is 4.24. The number of piperazine rings is 1. The minimum Gasteiger partial charge on any atom is -0.350 e. The van der Waals surface area contributed by atoms with Crippen LogP contribution in [0.5, 0.6) is 0 Å². The molecule has 1 atom stereocenters. The second kappa shape index (κ2) is 6.50. The predicted octanol–water partition coefficient (Wildman–Crippen LogP) is 1.20. The van der Waals surface area contributed by atoms with Crippen molar-refractivity contribution in [1.82, 2.24) is 15.1 Å². The normalized spacial score (nSPS) is 20.4. The number of rotatable bonds is 4. The molecule has 20 heavy (non-hydrogen) atoms. The van der Waals surface area contributed by atoms with Gasteiger partial charge in [0.2, 0.25) is 0 Å². The van der Waals surface area contributed by atoms with Gasteiger partial charge in [-0.1, -0.05) is 13.8 Å². The molecule has 2 rings (SSSR count). The van der Waals surface area contributed by atoms with Gasteiger partial charge < -0.3 is 15.5 Å². The second-order valence-electron chi connectivity index (χ2n) is 5.64. The zero-order valence-corrected chi connectivity index (χ0v) is 13.2. The Hall–Kier alpha value is -1.20. The van der Waals surface area contributed by atoms with E-state index in [0.29, 0.717) is 12.6 Å². The summed E-state index contributed by atoms with van der Waals surface area (Å²) in [5, 5.41) is 8.95. The van der Waals surface area contributed by atoms with Crippen LogP contribution >= 0.6 is 0 Å². The summed E-state index contributed by atoms with van der Waals surface area (Å²) < 4.78 is 0. The maximum atomic E-state index is 6.03. The van der Waals surface area contributed by atoms with Gasteiger partial charge >= 0.3 is 0 Å². The van der Waals surface area contributed by atoms with Gasteiger partial charge in [-0.2, -0.15) is 5.10 Å². The molecule has 1 saturated heterocycles. The van der Waals surface area contributed by atoms with Crippen LogP contribution in [0.4, 0.5) is 5.82 Å². The highest BCUT2D eigenvalue weighted by Gasteiger charge is 2.26. The van der Waals surface area contributed by atoms with E-state index in [4.69, 9.17) is 5.73 Å². The molecule has 0 saturated carbocycles. The Morgan fingerprint density at radius 1 is 1.15 bits per heavy atom. The van der Waals surface area contributed by atoms with E-state index in [9.17, 15) is 0 Å². The van der Waals surface area contributed by atoms with E-state index < -0.39 is 0 Å². The average Bonchev–Trinajstić information content (AvgIpc) is 2.45. The van der Waals surface area contributed by atoms with Gasteiger partial charge in [-0.3, -0.25) is 0 Å². The van der Waals surface area contributed by atoms with Crippen LogP contribution < -0.4 is 10.6 Å². The molecular weight excluding hydrogens is 250 g/mol. The van der Waals surface area contributed by atoms with Gasteiger partial charge in [0.25, 0.3) is 0 Å². The summed E-state index contributed by atoms with van der Waals surface area (Å²) in [6.07, 6.45) is 1.89. The van der Waals surface area contributed by atoms with E-state index in [1.807, 2.05) is 0 Å². The van der Waals surface area contributed by atoms with Crippen LogP contribution in [0.15, 0.2) is 0 Å². The number of aryl methyl sites for hydroxylation is 1. The standard InChI is InChI=1S/C15H27N5/c1-5-12-13(9-16)15(18-17-14(12)6-2)20-8-7-19(4)10-11(20)3/h11H,5-10,16H2,1-4H3. The molecule has 2 heterocycles. The average molecular weight is 277 g/mol. The molecule has 1 aliphatic rings. The fourth-order valence-electron chi connectivity index (χ4n) is 3.14. The molecule has 112 valence electrons. The van der Waals surface area contributed by atoms with E-state index in [2.05, 4.69) is 47.8 Å². The lowest BCUT2D eigenvalue weighted by molar-refractivity contribution is 0.274. The molecule has 5 nitrogen and oxygen atoms in total. The topological polar surface area (TPSA) is 58.3 Å². The molecule has 0 aliphatic carbocycles. The molecule has 2 N–H and O–H groups in total. The number of hydrogen-bond acceptors (Lipinski definition) is 5. The number of likely N-dealkylation sites (N-methyl/N-ethyl adjacent to an activating group) is 1. The van der Waals surface area contributed by atoms with E-state index in [1.54, 1.807) is 0 Å². The van der Waals surface area contributed by atoms with Gasteiger partial charge in [-0.25, -0.2) is 0 Å². The number of nitrogens with two attached hydrogens (primary N) is 1. The summed E-state index contributed by atoms with van der Waals surface area (Å²) in [5.41, 5.74) is 9.61. The molecule has 1 aliphatic heterocycles. The fourth-order valence-corrected chi connectivity index (χ4v) is 3.14. The second-order valence-corrected chi connectivity index (χ2v) is 5.64. The lowest BCUT2D eigenvalue weighted by Gasteiger charge is -2.39. The Labute approximate surface area is 122 Å². The summed E-state index contributed by atoms with van der Waals surface area (Å²) >= 11 is 0. The number of aromatic nitrogens is 2. The van der Waals surface area contributed by atoms with Gasteiger partial charge in [0.1, 0.15) is 0 Å². The summed E-state index contributed by atoms with van der Waals surface area (Å²) in [7, 11) is 2.17. The molecule has 0 bridgehead atoms. The number of hydrogen-bond donors (Lipinski definition) is 1. The summed E-state index contributed by atoms with van der Waals surface area (Å²) in [6.45, 7) is 10.2. The van der Waals surface area contributed by atoms with Crippen molar-refractivity contribution < 1.29 is 0 Å². The van der Waals surface area contributed by atoms with Crippen molar-refractivity contribution in [1.29, 1.82) is 0 Å². The highest BCUT2D eigenvalue weighted by Crippen LogP contribution is 2.26. The third kappa shape index (κ3) is 2.79. The maximum Gasteiger partial charge on any atom is 0.156 e. The molecule has 1 aromatic rings. The van der Waals surface area contributed by atoms with Crippen LogP contribution in [0, 0.1) is 0 Å². The van der Waals surface area contributed by atoms with Gasteiger partial charge in [0.05, 0.1) is 5.69 Å². The molecule has 5 heteroatoms. The van der Waals surface area contributed by atoms with Crippen LogP contribution in [0.2, 0.25) is 0 Å². The smallest absolute Gasteiger partial charge is 0.156 e. The lowest BCUT2D eigenvalue weighted by Crippen LogP contribution is -2.51. The first-order chi connectivity index (χ1) is 9.62. The Balaban J connectivity index is 2.41. The van der Waals surface area contributed by atoms with Crippen molar-refractivity contribution in [2.24, 2.45) is 5.73 Å². The number of anilines is 1. The first-order valence-corrected chi connectivity index (χ1v) is 7.64. The molecule has 1 fully saturated rings. The predicted molar refractivity (Wildman–Crippen MR) is 83.0 cm³/mol. The fraction of sp³-hybridized carbons (Fsp3) is 0.733. The first kappa shape index (κ1) is 15.2. The summed E-state index contributed by atoms with van der Waals surface area (Å²) in [6, 6.07) is 0.450. The highest BCUT2D eigenvalue weighted by atomic mass is 15.3. The summed E-state index contributed by atoms with van der Waals surface area (Å²) in [5.74, 6) is 1.00. The number of nitrogens with zero attached hydrogens (tertiary/aromatic N) is 4. The zero-order valence-electron chi connectivity index (χ0n) is 13.2. The highest BCUT2D eigenvalue weighted by molar-refractivity contribution is 5.52. The SMILES string of the molecule is CCc1nnc(N2CCN(C)CC2C)c(CN)c1CC. The largest absolute Gasteiger partial charge is 0.350 e. The summed E-state index contributed by atoms with van der Waals surface area (Å²) in [4.78, 5) is 4.73. The monoisotopic (exact) mass is 277 g/mol. The van der Waals surface area contributed by atoms with Crippen LogP contribution in [0.1, 0.15) is 37.6 Å². The van der Waals surface area contributed by atoms with E-state index in [1.165, 1.54) is 11.1 Å². The minimum atomic E-state index is 0.450. The first-order valence-electron chi connectivity index (χ1n) is 7.64. The van der Waals surface area contributed by atoms with E-state index >= 15 is 0 Å². The quantitative estimate of drug-likeness (QED) is 0.896. The molecule has 0 amide bonds. The van der Waals surface area contributed by atoms with E-state index in [0.717, 1.165) is 44.0 Å².